The second-order valence-corrected chi connectivity index (χ2v) is 6.45. The molecule has 5 nitrogen and oxygen atoms in total. The number of hydrogen-bond acceptors (Lipinski definition) is 2. The SMILES string of the molecule is CC(=O)N(CCNC(=O)NC1CCCCC1)c1ccc(C(F)(F)F)cc1. The van der Waals surface area contributed by atoms with Crippen molar-refractivity contribution in [2.75, 3.05) is 18.0 Å². The molecule has 0 heterocycles. The van der Waals surface area contributed by atoms with Crippen molar-refractivity contribution in [1.29, 1.82) is 0 Å². The Hall–Kier alpha value is -2.25. The lowest BCUT2D eigenvalue weighted by Gasteiger charge is -2.24. The zero-order valence-corrected chi connectivity index (χ0v) is 14.7. The van der Waals surface area contributed by atoms with E-state index in [1.807, 2.05) is 0 Å². The molecule has 0 spiro atoms. The van der Waals surface area contributed by atoms with Crippen molar-refractivity contribution in [3.63, 3.8) is 0 Å². The number of urea groups is 1. The standard InChI is InChI=1S/C18H24F3N3O2/c1-13(25)24(16-9-7-14(8-10-16)18(19,20)21)12-11-22-17(26)23-15-5-3-2-4-6-15/h7-10,15H,2-6,11-12H2,1H3,(H2,22,23,26). The van der Waals surface area contributed by atoms with Gasteiger partial charge in [-0.05, 0) is 37.1 Å². The lowest BCUT2D eigenvalue weighted by atomic mass is 9.96. The quantitative estimate of drug-likeness (QED) is 0.829. The molecule has 8 heteroatoms. The van der Waals surface area contributed by atoms with Crippen LogP contribution in [0.2, 0.25) is 0 Å². The summed E-state index contributed by atoms with van der Waals surface area (Å²) in [6, 6.07) is 4.29. The van der Waals surface area contributed by atoms with E-state index in [1.54, 1.807) is 0 Å². The Morgan fingerprint density at radius 3 is 2.27 bits per heavy atom. The summed E-state index contributed by atoms with van der Waals surface area (Å²) in [5.41, 5.74) is -0.408. The van der Waals surface area contributed by atoms with Crippen molar-refractivity contribution in [2.24, 2.45) is 0 Å². The summed E-state index contributed by atoms with van der Waals surface area (Å²) in [7, 11) is 0. The molecule has 0 radical (unpaired) electrons. The maximum absolute atomic E-state index is 12.6. The zero-order chi connectivity index (χ0) is 19.2. The van der Waals surface area contributed by atoms with Gasteiger partial charge in [-0.2, -0.15) is 13.2 Å². The highest BCUT2D eigenvalue weighted by Gasteiger charge is 2.30. The molecule has 3 amide bonds. The van der Waals surface area contributed by atoms with E-state index in [9.17, 15) is 22.8 Å². The minimum Gasteiger partial charge on any atom is -0.336 e. The molecule has 2 rings (SSSR count). The van der Waals surface area contributed by atoms with Crippen LogP contribution in [0.3, 0.4) is 0 Å². The monoisotopic (exact) mass is 371 g/mol. The van der Waals surface area contributed by atoms with Gasteiger partial charge in [-0.15, -0.1) is 0 Å². The molecule has 144 valence electrons. The molecule has 0 atom stereocenters. The molecule has 1 aromatic carbocycles. The zero-order valence-electron chi connectivity index (χ0n) is 14.7. The Kier molecular flexibility index (Phi) is 6.88. The number of hydrogen-bond donors (Lipinski definition) is 2. The van der Waals surface area contributed by atoms with Gasteiger partial charge in [0.15, 0.2) is 0 Å². The second-order valence-electron chi connectivity index (χ2n) is 6.45. The molecule has 0 saturated heterocycles. The van der Waals surface area contributed by atoms with Crippen LogP contribution in [0.5, 0.6) is 0 Å². The van der Waals surface area contributed by atoms with Crippen LogP contribution in [0.1, 0.15) is 44.6 Å². The van der Waals surface area contributed by atoms with Crippen LogP contribution in [0.25, 0.3) is 0 Å². The Morgan fingerprint density at radius 2 is 1.73 bits per heavy atom. The van der Waals surface area contributed by atoms with Crippen LogP contribution in [-0.4, -0.2) is 31.1 Å². The van der Waals surface area contributed by atoms with E-state index in [0.29, 0.717) is 5.69 Å². The van der Waals surface area contributed by atoms with Crippen LogP contribution < -0.4 is 15.5 Å². The number of rotatable bonds is 5. The van der Waals surface area contributed by atoms with Crippen molar-refractivity contribution in [1.82, 2.24) is 10.6 Å². The first kappa shape index (κ1) is 20.1. The predicted octanol–water partition coefficient (Wildman–Crippen LogP) is 3.69. The molecule has 26 heavy (non-hydrogen) atoms. The highest BCUT2D eigenvalue weighted by Crippen LogP contribution is 2.30. The van der Waals surface area contributed by atoms with Gasteiger partial charge in [-0.1, -0.05) is 19.3 Å². The number of nitrogens with one attached hydrogen (secondary N) is 2. The number of benzene rings is 1. The number of alkyl halides is 3. The third kappa shape index (κ3) is 5.93. The normalized spacial score (nSPS) is 15.4. The topological polar surface area (TPSA) is 61.4 Å². The van der Waals surface area contributed by atoms with Crippen LogP contribution in [0, 0.1) is 0 Å². The van der Waals surface area contributed by atoms with E-state index >= 15 is 0 Å². The first-order valence-electron chi connectivity index (χ1n) is 8.77. The molecule has 0 aromatic heterocycles. The number of carbonyl (C=O) groups is 2. The van der Waals surface area contributed by atoms with Gasteiger partial charge in [0.05, 0.1) is 5.56 Å². The van der Waals surface area contributed by atoms with E-state index in [4.69, 9.17) is 0 Å². The van der Waals surface area contributed by atoms with Gasteiger partial charge in [0.1, 0.15) is 0 Å². The molecule has 1 fully saturated rings. The largest absolute Gasteiger partial charge is 0.416 e. The molecular weight excluding hydrogens is 347 g/mol. The van der Waals surface area contributed by atoms with Crippen molar-refractivity contribution in [3.8, 4) is 0 Å². The molecule has 2 N–H and O–H groups in total. The fourth-order valence-electron chi connectivity index (χ4n) is 3.06. The molecule has 0 unspecified atom stereocenters. The van der Waals surface area contributed by atoms with Crippen molar-refractivity contribution < 1.29 is 22.8 Å². The summed E-state index contributed by atoms with van der Waals surface area (Å²) in [5, 5.41) is 5.60. The van der Waals surface area contributed by atoms with Gasteiger partial charge in [-0.3, -0.25) is 4.79 Å². The summed E-state index contributed by atoms with van der Waals surface area (Å²) < 4.78 is 37.9. The highest BCUT2D eigenvalue weighted by molar-refractivity contribution is 5.91. The van der Waals surface area contributed by atoms with Crippen molar-refractivity contribution in [2.45, 2.75) is 51.2 Å². The van der Waals surface area contributed by atoms with Gasteiger partial charge in [0.2, 0.25) is 5.91 Å². The second kappa shape index (κ2) is 8.91. The van der Waals surface area contributed by atoms with Gasteiger partial charge in [0, 0.05) is 31.7 Å². The number of carbonyl (C=O) groups excluding carboxylic acids is 2. The molecule has 1 saturated carbocycles. The van der Waals surface area contributed by atoms with Crippen LogP contribution >= 0.6 is 0 Å². The average Bonchev–Trinajstić information content (AvgIpc) is 2.58. The Balaban J connectivity index is 1.86. The predicted molar refractivity (Wildman–Crippen MR) is 92.9 cm³/mol. The molecule has 1 aromatic rings. The van der Waals surface area contributed by atoms with Gasteiger partial charge >= 0.3 is 12.2 Å². The number of nitrogens with zero attached hydrogens (tertiary/aromatic N) is 1. The van der Waals surface area contributed by atoms with E-state index in [0.717, 1.165) is 37.8 Å². The van der Waals surface area contributed by atoms with Gasteiger partial charge < -0.3 is 15.5 Å². The molecular formula is C18H24F3N3O2. The summed E-state index contributed by atoms with van der Waals surface area (Å²) in [6.45, 7) is 1.72. The maximum atomic E-state index is 12.6. The highest BCUT2D eigenvalue weighted by atomic mass is 19.4. The Labute approximate surface area is 150 Å². The minimum atomic E-state index is -4.42. The van der Waals surface area contributed by atoms with Crippen LogP contribution in [-0.2, 0) is 11.0 Å². The first-order valence-corrected chi connectivity index (χ1v) is 8.77. The Bertz CT molecular complexity index is 611. The van der Waals surface area contributed by atoms with Crippen LogP contribution in [0.4, 0.5) is 23.7 Å². The lowest BCUT2D eigenvalue weighted by Crippen LogP contribution is -2.45. The number of anilines is 1. The summed E-state index contributed by atoms with van der Waals surface area (Å²) >= 11 is 0. The third-order valence-corrected chi connectivity index (χ3v) is 4.45. The van der Waals surface area contributed by atoms with E-state index < -0.39 is 11.7 Å². The molecule has 1 aliphatic rings. The fraction of sp³-hybridized carbons (Fsp3) is 0.556. The Morgan fingerprint density at radius 1 is 1.12 bits per heavy atom. The maximum Gasteiger partial charge on any atom is 0.416 e. The number of halogens is 3. The average molecular weight is 371 g/mol. The van der Waals surface area contributed by atoms with Crippen molar-refractivity contribution >= 4 is 17.6 Å². The van der Waals surface area contributed by atoms with E-state index in [1.165, 1.54) is 30.4 Å². The third-order valence-electron chi connectivity index (χ3n) is 4.45. The van der Waals surface area contributed by atoms with Crippen LogP contribution in [0.15, 0.2) is 24.3 Å². The first-order chi connectivity index (χ1) is 12.3. The smallest absolute Gasteiger partial charge is 0.336 e. The molecule has 1 aliphatic carbocycles. The molecule has 0 aliphatic heterocycles. The lowest BCUT2D eigenvalue weighted by molar-refractivity contribution is -0.137. The summed E-state index contributed by atoms with van der Waals surface area (Å²) in [6.07, 6.45) is 0.934. The van der Waals surface area contributed by atoms with Gasteiger partial charge in [-0.25, -0.2) is 4.79 Å². The number of amides is 3. The summed E-state index contributed by atoms with van der Waals surface area (Å²) in [5.74, 6) is -0.306. The van der Waals surface area contributed by atoms with Gasteiger partial charge in [0.25, 0.3) is 0 Å². The van der Waals surface area contributed by atoms with Crippen molar-refractivity contribution in [3.05, 3.63) is 29.8 Å². The minimum absolute atomic E-state index is 0.179. The van der Waals surface area contributed by atoms with E-state index in [2.05, 4.69) is 10.6 Å². The molecule has 0 bridgehead atoms. The summed E-state index contributed by atoms with van der Waals surface area (Å²) in [4.78, 5) is 25.0. The fourth-order valence-corrected chi connectivity index (χ4v) is 3.06. The van der Waals surface area contributed by atoms with E-state index in [-0.39, 0.29) is 31.1 Å².